The number of anilines is 1. The van der Waals surface area contributed by atoms with E-state index in [-0.39, 0.29) is 11.3 Å². The van der Waals surface area contributed by atoms with Gasteiger partial charge in [0, 0.05) is 5.69 Å². The van der Waals surface area contributed by atoms with Crippen molar-refractivity contribution in [3.63, 3.8) is 0 Å². The topological polar surface area (TPSA) is 79.2 Å². The highest BCUT2D eigenvalue weighted by Gasteiger charge is 2.13. The maximum absolute atomic E-state index is 13.0. The number of rotatable bonds is 5. The second-order valence-electron chi connectivity index (χ2n) is 5.22. The summed E-state index contributed by atoms with van der Waals surface area (Å²) < 4.78 is 17.9. The van der Waals surface area contributed by atoms with Crippen molar-refractivity contribution in [2.24, 2.45) is 0 Å². The summed E-state index contributed by atoms with van der Waals surface area (Å²) in [5.41, 5.74) is 1.75. The van der Waals surface area contributed by atoms with Crippen molar-refractivity contribution in [2.45, 2.75) is 6.92 Å². The fourth-order valence-corrected chi connectivity index (χ4v) is 1.94. The summed E-state index contributed by atoms with van der Waals surface area (Å²) in [6.07, 6.45) is 1.38. The first kappa shape index (κ1) is 17.9. The Kier molecular flexibility index (Phi) is 6.02. The van der Waals surface area contributed by atoms with E-state index in [2.05, 4.69) is 5.32 Å². The molecule has 2 aromatic carbocycles. The maximum Gasteiger partial charge on any atom is 0.349 e. The van der Waals surface area contributed by atoms with E-state index in [1.54, 1.807) is 18.2 Å². The molecular formula is C19H15FN2O3. The van der Waals surface area contributed by atoms with Gasteiger partial charge in [-0.1, -0.05) is 35.9 Å². The molecule has 0 radical (unpaired) electrons. The monoisotopic (exact) mass is 338 g/mol. The zero-order valence-corrected chi connectivity index (χ0v) is 13.5. The number of esters is 1. The molecule has 126 valence electrons. The van der Waals surface area contributed by atoms with Gasteiger partial charge in [-0.2, -0.15) is 5.26 Å². The van der Waals surface area contributed by atoms with Gasteiger partial charge in [-0.3, -0.25) is 4.79 Å². The predicted molar refractivity (Wildman–Crippen MR) is 90.8 cm³/mol. The Labute approximate surface area is 144 Å². The Hall–Kier alpha value is -3.46. The molecule has 0 aliphatic rings. The van der Waals surface area contributed by atoms with Gasteiger partial charge in [0.15, 0.2) is 6.61 Å². The van der Waals surface area contributed by atoms with Crippen LogP contribution in [0.15, 0.2) is 54.1 Å². The zero-order chi connectivity index (χ0) is 18.2. The van der Waals surface area contributed by atoms with Gasteiger partial charge in [0.05, 0.1) is 0 Å². The van der Waals surface area contributed by atoms with Crippen LogP contribution in [0.3, 0.4) is 0 Å². The van der Waals surface area contributed by atoms with Gasteiger partial charge in [-0.15, -0.1) is 0 Å². The molecule has 0 aliphatic heterocycles. The lowest BCUT2D eigenvalue weighted by molar-refractivity contribution is -0.142. The first-order chi connectivity index (χ1) is 12.0. The van der Waals surface area contributed by atoms with Crippen LogP contribution in [0.2, 0.25) is 0 Å². The zero-order valence-electron chi connectivity index (χ0n) is 13.5. The number of ether oxygens (including phenoxy) is 1. The van der Waals surface area contributed by atoms with Gasteiger partial charge in [0.25, 0.3) is 5.91 Å². The van der Waals surface area contributed by atoms with Crippen LogP contribution in [-0.2, 0) is 14.3 Å². The lowest BCUT2D eigenvalue weighted by Gasteiger charge is -2.06. The molecule has 0 bridgehead atoms. The van der Waals surface area contributed by atoms with E-state index in [0.29, 0.717) is 5.56 Å². The lowest BCUT2D eigenvalue weighted by Crippen LogP contribution is -2.21. The smallest absolute Gasteiger partial charge is 0.349 e. The van der Waals surface area contributed by atoms with Crippen molar-refractivity contribution in [3.8, 4) is 6.07 Å². The molecule has 25 heavy (non-hydrogen) atoms. The summed E-state index contributed by atoms with van der Waals surface area (Å²) in [6, 6.07) is 14.3. The van der Waals surface area contributed by atoms with Crippen molar-refractivity contribution in [2.75, 3.05) is 11.9 Å². The second kappa shape index (κ2) is 8.41. The highest BCUT2D eigenvalue weighted by atomic mass is 19.1. The maximum atomic E-state index is 13.0. The van der Waals surface area contributed by atoms with Crippen molar-refractivity contribution < 1.29 is 18.7 Å². The van der Waals surface area contributed by atoms with E-state index >= 15 is 0 Å². The van der Waals surface area contributed by atoms with Gasteiger partial charge < -0.3 is 10.1 Å². The number of nitrogens with zero attached hydrogens (tertiary/aromatic N) is 1. The van der Waals surface area contributed by atoms with Gasteiger partial charge in [-0.05, 0) is 36.8 Å². The highest BCUT2D eigenvalue weighted by molar-refractivity contribution is 6.00. The summed E-state index contributed by atoms with van der Waals surface area (Å²) in [6.45, 7) is 1.34. The molecule has 0 unspecified atom stereocenters. The minimum Gasteiger partial charge on any atom is -0.451 e. The molecule has 2 rings (SSSR count). The number of benzene rings is 2. The van der Waals surface area contributed by atoms with E-state index in [0.717, 1.165) is 11.6 Å². The van der Waals surface area contributed by atoms with Gasteiger partial charge in [0.1, 0.15) is 17.5 Å². The third kappa shape index (κ3) is 5.59. The van der Waals surface area contributed by atoms with Gasteiger partial charge in [-0.25, -0.2) is 9.18 Å². The molecule has 0 atom stereocenters. The number of halogens is 1. The van der Waals surface area contributed by atoms with Crippen LogP contribution in [0.1, 0.15) is 11.1 Å². The SMILES string of the molecule is Cc1ccc(/C=C(\C#N)C(=O)OCC(=O)Nc2cccc(F)c2)cc1. The van der Waals surface area contributed by atoms with Crippen molar-refractivity contribution in [1.29, 1.82) is 5.26 Å². The van der Waals surface area contributed by atoms with Crippen molar-refractivity contribution >= 4 is 23.6 Å². The molecular weight excluding hydrogens is 323 g/mol. The summed E-state index contributed by atoms with van der Waals surface area (Å²) in [7, 11) is 0. The third-order valence-corrected chi connectivity index (χ3v) is 3.17. The first-order valence-electron chi connectivity index (χ1n) is 7.39. The van der Waals surface area contributed by atoms with Gasteiger partial charge >= 0.3 is 5.97 Å². The minimum absolute atomic E-state index is 0.220. The van der Waals surface area contributed by atoms with E-state index in [1.807, 2.05) is 19.1 Å². The molecule has 0 aliphatic carbocycles. The number of hydrogen-bond donors (Lipinski definition) is 1. The van der Waals surface area contributed by atoms with Crippen LogP contribution < -0.4 is 5.32 Å². The molecule has 1 amide bonds. The Bertz CT molecular complexity index is 852. The predicted octanol–water partition coefficient (Wildman–Crippen LogP) is 3.22. The average molecular weight is 338 g/mol. The Morgan fingerprint density at radius 3 is 2.60 bits per heavy atom. The molecule has 0 aromatic heterocycles. The van der Waals surface area contributed by atoms with Crippen LogP contribution in [0, 0.1) is 24.1 Å². The van der Waals surface area contributed by atoms with Crippen molar-refractivity contribution in [1.82, 2.24) is 0 Å². The van der Waals surface area contributed by atoms with Crippen LogP contribution in [-0.4, -0.2) is 18.5 Å². The van der Waals surface area contributed by atoms with Gasteiger partial charge in [0.2, 0.25) is 0 Å². The summed E-state index contributed by atoms with van der Waals surface area (Å²) in [4.78, 5) is 23.6. The van der Waals surface area contributed by atoms with E-state index in [9.17, 15) is 14.0 Å². The largest absolute Gasteiger partial charge is 0.451 e. The number of carbonyl (C=O) groups is 2. The molecule has 0 heterocycles. The fraction of sp³-hybridized carbons (Fsp3) is 0.105. The first-order valence-corrected chi connectivity index (χ1v) is 7.39. The second-order valence-corrected chi connectivity index (χ2v) is 5.22. The van der Waals surface area contributed by atoms with Crippen molar-refractivity contribution in [3.05, 3.63) is 71.0 Å². The Morgan fingerprint density at radius 2 is 1.96 bits per heavy atom. The Morgan fingerprint density at radius 1 is 1.24 bits per heavy atom. The van der Waals surface area contributed by atoms with Crippen LogP contribution >= 0.6 is 0 Å². The quantitative estimate of drug-likeness (QED) is 0.516. The van der Waals surface area contributed by atoms with Crippen LogP contribution in [0.25, 0.3) is 6.08 Å². The molecule has 2 aromatic rings. The van der Waals surface area contributed by atoms with Crippen LogP contribution in [0.4, 0.5) is 10.1 Å². The fourth-order valence-electron chi connectivity index (χ4n) is 1.94. The normalized spacial score (nSPS) is 10.7. The lowest BCUT2D eigenvalue weighted by atomic mass is 10.1. The number of carbonyl (C=O) groups excluding carboxylic acids is 2. The number of nitriles is 1. The molecule has 5 nitrogen and oxygen atoms in total. The summed E-state index contributed by atoms with van der Waals surface area (Å²) in [5, 5.41) is 11.5. The Balaban J connectivity index is 1.94. The number of amides is 1. The van der Waals surface area contributed by atoms with E-state index < -0.39 is 24.3 Å². The number of nitrogens with one attached hydrogen (secondary N) is 1. The van der Waals surface area contributed by atoms with Crippen LogP contribution in [0.5, 0.6) is 0 Å². The molecule has 0 spiro atoms. The van der Waals surface area contributed by atoms with E-state index in [4.69, 9.17) is 10.00 Å². The number of aryl methyl sites for hydroxylation is 1. The third-order valence-electron chi connectivity index (χ3n) is 3.17. The highest BCUT2D eigenvalue weighted by Crippen LogP contribution is 2.11. The molecule has 0 saturated heterocycles. The molecule has 1 N–H and O–H groups in total. The van der Waals surface area contributed by atoms with E-state index in [1.165, 1.54) is 24.3 Å². The molecule has 0 saturated carbocycles. The molecule has 0 fully saturated rings. The average Bonchev–Trinajstić information content (AvgIpc) is 2.59. The summed E-state index contributed by atoms with van der Waals surface area (Å²) >= 11 is 0. The standard InChI is InChI=1S/C19H15FN2O3/c1-13-5-7-14(8-6-13)9-15(11-21)19(24)25-12-18(23)22-17-4-2-3-16(20)10-17/h2-10H,12H2,1H3,(H,22,23)/b15-9+. The molecule has 6 heteroatoms. The number of hydrogen-bond acceptors (Lipinski definition) is 4. The summed E-state index contributed by atoms with van der Waals surface area (Å²) in [5.74, 6) is -2.04. The minimum atomic E-state index is -0.905.